The lowest BCUT2D eigenvalue weighted by Crippen LogP contribution is -2.45. The standard InChI is InChI=1S/C20H29N5O2S.C2HF3O2/c1-19(2,3)21-18(26)17-23-22-16-12-27-14-20(13-25(16)17)6-8-24(9-7-20)11-15-5-4-10-28-15;3-2(4,5)1(6)7/h4-5,10H,6-9,11-14H2,1-3H3,(H,21,26);(H,6,7). The molecule has 2 aliphatic heterocycles. The normalized spacial score (nSPS) is 18.2. The predicted octanol–water partition coefficient (Wildman–Crippen LogP) is 3.31. The Labute approximate surface area is 205 Å². The number of nitrogens with one attached hydrogen (secondary N) is 1. The average molecular weight is 518 g/mol. The van der Waals surface area contributed by atoms with E-state index in [9.17, 15) is 18.0 Å². The Balaban J connectivity index is 0.000000429. The van der Waals surface area contributed by atoms with E-state index in [2.05, 4.69) is 37.9 Å². The molecule has 4 rings (SSSR count). The molecule has 9 nitrogen and oxygen atoms in total. The van der Waals surface area contributed by atoms with Crippen molar-refractivity contribution in [1.82, 2.24) is 25.0 Å². The molecule has 0 bridgehead atoms. The largest absolute Gasteiger partial charge is 0.490 e. The summed E-state index contributed by atoms with van der Waals surface area (Å²) in [5.74, 6) is -1.78. The highest BCUT2D eigenvalue weighted by Gasteiger charge is 2.40. The van der Waals surface area contributed by atoms with Gasteiger partial charge in [0.05, 0.1) is 6.61 Å². The number of piperidine rings is 1. The number of fused-ring (bicyclic) bond motifs is 1. The van der Waals surface area contributed by atoms with Crippen molar-refractivity contribution in [2.75, 3.05) is 19.7 Å². The van der Waals surface area contributed by atoms with Gasteiger partial charge in [-0.15, -0.1) is 21.5 Å². The molecule has 0 aliphatic carbocycles. The minimum absolute atomic E-state index is 0.0380. The lowest BCUT2D eigenvalue weighted by molar-refractivity contribution is -0.192. The number of ether oxygens (including phenoxy) is 1. The van der Waals surface area contributed by atoms with Crippen molar-refractivity contribution in [2.45, 2.75) is 65.0 Å². The molecule has 1 fully saturated rings. The summed E-state index contributed by atoms with van der Waals surface area (Å²) in [7, 11) is 0. The maximum Gasteiger partial charge on any atom is 0.490 e. The summed E-state index contributed by atoms with van der Waals surface area (Å²) in [4.78, 5) is 25.5. The van der Waals surface area contributed by atoms with Gasteiger partial charge in [0.2, 0.25) is 5.82 Å². The van der Waals surface area contributed by atoms with Gasteiger partial charge < -0.3 is 19.7 Å². The maximum atomic E-state index is 12.7. The van der Waals surface area contributed by atoms with Crippen molar-refractivity contribution >= 4 is 23.2 Å². The van der Waals surface area contributed by atoms with Crippen LogP contribution in [0.1, 0.15) is 54.9 Å². The summed E-state index contributed by atoms with van der Waals surface area (Å²) in [6.07, 6.45) is -2.98. The number of aliphatic carboxylic acids is 1. The van der Waals surface area contributed by atoms with E-state index in [4.69, 9.17) is 14.6 Å². The second-order valence-electron chi connectivity index (χ2n) is 9.88. The molecule has 0 atom stereocenters. The maximum absolute atomic E-state index is 12.7. The molecule has 194 valence electrons. The SMILES string of the molecule is CC(C)(C)NC(=O)c1nnc2n1CC1(CCN(Cc3cccs3)CC1)COC2.O=C(O)C(F)(F)F. The van der Waals surface area contributed by atoms with Crippen LogP contribution < -0.4 is 5.32 Å². The Morgan fingerprint density at radius 1 is 1.23 bits per heavy atom. The Kier molecular flexibility index (Phi) is 8.22. The van der Waals surface area contributed by atoms with Crippen LogP contribution in [0.5, 0.6) is 0 Å². The van der Waals surface area contributed by atoms with Crippen LogP contribution in [0.3, 0.4) is 0 Å². The second kappa shape index (κ2) is 10.6. The quantitative estimate of drug-likeness (QED) is 0.643. The van der Waals surface area contributed by atoms with E-state index >= 15 is 0 Å². The summed E-state index contributed by atoms with van der Waals surface area (Å²) >= 11 is 1.82. The lowest BCUT2D eigenvalue weighted by Gasteiger charge is -2.41. The average Bonchev–Trinajstić information content (AvgIpc) is 3.35. The van der Waals surface area contributed by atoms with Crippen LogP contribution >= 0.6 is 11.3 Å². The van der Waals surface area contributed by atoms with Crippen LogP contribution in [0.15, 0.2) is 17.5 Å². The first-order chi connectivity index (χ1) is 16.3. The van der Waals surface area contributed by atoms with Crippen LogP contribution in [-0.2, 0) is 29.2 Å². The van der Waals surface area contributed by atoms with Gasteiger partial charge in [0.1, 0.15) is 6.61 Å². The topological polar surface area (TPSA) is 110 Å². The molecule has 13 heteroatoms. The Morgan fingerprint density at radius 2 is 1.89 bits per heavy atom. The van der Waals surface area contributed by atoms with Crippen LogP contribution in [0.2, 0.25) is 0 Å². The molecular formula is C22H30F3N5O4S. The fourth-order valence-corrected chi connectivity index (χ4v) is 4.77. The first-order valence-corrected chi connectivity index (χ1v) is 12.0. The number of amides is 1. The molecule has 0 radical (unpaired) electrons. The molecule has 1 saturated heterocycles. The third-order valence-electron chi connectivity index (χ3n) is 5.77. The number of carbonyl (C=O) groups excluding carboxylic acids is 1. The van der Waals surface area contributed by atoms with Crippen LogP contribution in [0.4, 0.5) is 13.2 Å². The van der Waals surface area contributed by atoms with Gasteiger partial charge in [-0.2, -0.15) is 13.2 Å². The molecule has 1 spiro atoms. The molecule has 0 aromatic carbocycles. The first-order valence-electron chi connectivity index (χ1n) is 11.2. The van der Waals surface area contributed by atoms with E-state index in [1.54, 1.807) is 0 Å². The third-order valence-corrected chi connectivity index (χ3v) is 6.63. The number of thiophene rings is 1. The van der Waals surface area contributed by atoms with E-state index in [1.807, 2.05) is 36.7 Å². The zero-order valence-corrected chi connectivity index (χ0v) is 20.7. The zero-order valence-electron chi connectivity index (χ0n) is 19.9. The number of rotatable bonds is 3. The highest BCUT2D eigenvalue weighted by atomic mass is 32.1. The summed E-state index contributed by atoms with van der Waals surface area (Å²) in [5, 5.41) is 20.7. The highest BCUT2D eigenvalue weighted by Crippen LogP contribution is 2.37. The van der Waals surface area contributed by atoms with E-state index in [-0.39, 0.29) is 16.9 Å². The van der Waals surface area contributed by atoms with Crippen molar-refractivity contribution in [3.05, 3.63) is 34.0 Å². The number of nitrogens with zero attached hydrogens (tertiary/aromatic N) is 4. The fourth-order valence-electron chi connectivity index (χ4n) is 4.02. The van der Waals surface area contributed by atoms with Gasteiger partial charge >= 0.3 is 12.1 Å². The second-order valence-corrected chi connectivity index (χ2v) is 10.9. The molecule has 2 N–H and O–H groups in total. The molecule has 0 unspecified atom stereocenters. The van der Waals surface area contributed by atoms with E-state index in [0.29, 0.717) is 19.0 Å². The van der Waals surface area contributed by atoms with Gasteiger partial charge in [0, 0.05) is 28.9 Å². The molecule has 2 aromatic rings. The minimum Gasteiger partial charge on any atom is -0.475 e. The summed E-state index contributed by atoms with van der Waals surface area (Å²) in [6.45, 7) is 10.9. The molecule has 0 saturated carbocycles. The Morgan fingerprint density at radius 3 is 2.43 bits per heavy atom. The number of hydrogen-bond donors (Lipinski definition) is 2. The van der Waals surface area contributed by atoms with E-state index in [0.717, 1.165) is 44.8 Å². The molecule has 4 heterocycles. The summed E-state index contributed by atoms with van der Waals surface area (Å²) in [6, 6.07) is 4.32. The van der Waals surface area contributed by atoms with Crippen molar-refractivity contribution < 1.29 is 32.6 Å². The van der Waals surface area contributed by atoms with E-state index < -0.39 is 12.1 Å². The third kappa shape index (κ3) is 7.48. The van der Waals surface area contributed by atoms with E-state index in [1.165, 1.54) is 4.88 Å². The number of alkyl halides is 3. The molecular weight excluding hydrogens is 487 g/mol. The number of carbonyl (C=O) groups is 2. The molecule has 1 amide bonds. The van der Waals surface area contributed by atoms with Gasteiger partial charge in [-0.25, -0.2) is 4.79 Å². The summed E-state index contributed by atoms with van der Waals surface area (Å²) < 4.78 is 39.7. The van der Waals surface area contributed by atoms with Crippen LogP contribution in [0, 0.1) is 5.41 Å². The number of carboxylic acid groups (broad SMARTS) is 1. The highest BCUT2D eigenvalue weighted by molar-refractivity contribution is 7.09. The van der Waals surface area contributed by atoms with Gasteiger partial charge in [-0.05, 0) is 58.1 Å². The van der Waals surface area contributed by atoms with Crippen LogP contribution in [-0.4, -0.2) is 68.1 Å². The zero-order chi connectivity index (χ0) is 25.9. The van der Waals surface area contributed by atoms with Gasteiger partial charge in [-0.1, -0.05) is 6.07 Å². The predicted molar refractivity (Wildman–Crippen MR) is 122 cm³/mol. The van der Waals surface area contributed by atoms with Crippen molar-refractivity contribution in [3.8, 4) is 0 Å². The van der Waals surface area contributed by atoms with Crippen molar-refractivity contribution in [2.24, 2.45) is 5.41 Å². The van der Waals surface area contributed by atoms with Crippen molar-refractivity contribution in [1.29, 1.82) is 0 Å². The summed E-state index contributed by atoms with van der Waals surface area (Å²) in [5.41, 5.74) is -0.272. The van der Waals surface area contributed by atoms with Gasteiger partial charge in [0.15, 0.2) is 5.82 Å². The minimum atomic E-state index is -5.08. The molecule has 35 heavy (non-hydrogen) atoms. The first kappa shape index (κ1) is 27.1. The number of aromatic nitrogens is 3. The Hall–Kier alpha value is -2.51. The van der Waals surface area contributed by atoms with Crippen LogP contribution in [0.25, 0.3) is 0 Å². The molecule has 2 aromatic heterocycles. The number of carboxylic acids is 1. The monoisotopic (exact) mass is 517 g/mol. The molecule has 2 aliphatic rings. The van der Waals surface area contributed by atoms with Crippen molar-refractivity contribution in [3.63, 3.8) is 0 Å². The lowest BCUT2D eigenvalue weighted by atomic mass is 9.79. The Bertz CT molecular complexity index is 1010. The van der Waals surface area contributed by atoms with Gasteiger partial charge in [0.25, 0.3) is 5.91 Å². The smallest absolute Gasteiger partial charge is 0.475 e. The number of halogens is 3. The van der Waals surface area contributed by atoms with Gasteiger partial charge in [-0.3, -0.25) is 9.69 Å². The fraction of sp³-hybridized carbons (Fsp3) is 0.636. The number of hydrogen-bond acceptors (Lipinski definition) is 7. The number of likely N-dealkylation sites (tertiary alicyclic amines) is 1.